The molecule has 1 heterocycles. The lowest BCUT2D eigenvalue weighted by Crippen LogP contribution is -2.59. The second-order valence-electron chi connectivity index (χ2n) is 3.30. The van der Waals surface area contributed by atoms with Crippen LogP contribution in [0.1, 0.15) is 6.92 Å². The molecule has 0 bridgehead atoms. The van der Waals surface area contributed by atoms with Crippen molar-refractivity contribution in [3.8, 4) is 0 Å². The van der Waals surface area contributed by atoms with E-state index in [1.165, 1.54) is 0 Å². The van der Waals surface area contributed by atoms with Crippen LogP contribution >= 0.6 is 0 Å². The highest BCUT2D eigenvalue weighted by atomic mass is 16.7. The minimum absolute atomic E-state index is 0.543. The maximum absolute atomic E-state index is 10.7. The summed E-state index contributed by atoms with van der Waals surface area (Å²) in [5, 5.41) is 36.7. The maximum atomic E-state index is 10.7. The van der Waals surface area contributed by atoms with Crippen molar-refractivity contribution in [3.05, 3.63) is 0 Å². The highest BCUT2D eigenvalue weighted by molar-refractivity contribution is 5.66. The zero-order valence-electron chi connectivity index (χ0n) is 8.11. The number of hydrogen-bond acceptors (Lipinski definition) is 7. The van der Waals surface area contributed by atoms with E-state index in [4.69, 9.17) is 14.9 Å². The fourth-order valence-corrected chi connectivity index (χ4v) is 1.40. The van der Waals surface area contributed by atoms with Gasteiger partial charge in [-0.3, -0.25) is 4.79 Å². The van der Waals surface area contributed by atoms with Gasteiger partial charge in [0.15, 0.2) is 12.4 Å². The van der Waals surface area contributed by atoms with Crippen LogP contribution in [-0.2, 0) is 14.3 Å². The SMILES string of the molecule is CC(=O)O[C@H]1[C@@H](O)[C@@H](O)[C@@H](O)O[C@@H]1CO. The van der Waals surface area contributed by atoms with E-state index in [1.54, 1.807) is 0 Å². The minimum Gasteiger partial charge on any atom is -0.457 e. The van der Waals surface area contributed by atoms with Crippen molar-refractivity contribution in [1.29, 1.82) is 0 Å². The largest absolute Gasteiger partial charge is 0.457 e. The first kappa shape index (κ1) is 12.3. The number of ether oxygens (including phenoxy) is 2. The van der Waals surface area contributed by atoms with Crippen molar-refractivity contribution in [3.63, 3.8) is 0 Å². The fraction of sp³-hybridized carbons (Fsp3) is 0.875. The Morgan fingerprint density at radius 2 is 1.93 bits per heavy atom. The first-order chi connectivity index (χ1) is 6.97. The molecule has 1 aliphatic rings. The van der Waals surface area contributed by atoms with Crippen LogP contribution in [0.3, 0.4) is 0 Å². The molecule has 0 saturated carbocycles. The minimum atomic E-state index is -1.61. The van der Waals surface area contributed by atoms with Crippen LogP contribution in [0.2, 0.25) is 0 Å². The Kier molecular flexibility index (Phi) is 4.00. The average molecular weight is 222 g/mol. The molecule has 1 rings (SSSR count). The number of carbonyl (C=O) groups is 1. The second-order valence-corrected chi connectivity index (χ2v) is 3.30. The third-order valence-corrected chi connectivity index (χ3v) is 2.14. The molecule has 7 nitrogen and oxygen atoms in total. The quantitative estimate of drug-likeness (QED) is 0.377. The molecule has 0 aromatic carbocycles. The number of hydrogen-bond donors (Lipinski definition) is 4. The molecule has 0 aromatic rings. The number of carbonyl (C=O) groups excluding carboxylic acids is 1. The highest BCUT2D eigenvalue weighted by Crippen LogP contribution is 2.22. The predicted octanol–water partition coefficient (Wildman–Crippen LogP) is -2.65. The van der Waals surface area contributed by atoms with Crippen molar-refractivity contribution in [2.45, 2.75) is 37.6 Å². The van der Waals surface area contributed by atoms with Crippen LogP contribution < -0.4 is 0 Å². The molecular weight excluding hydrogens is 208 g/mol. The van der Waals surface area contributed by atoms with Crippen LogP contribution in [0, 0.1) is 0 Å². The van der Waals surface area contributed by atoms with E-state index in [-0.39, 0.29) is 0 Å². The van der Waals surface area contributed by atoms with Gasteiger partial charge in [0.05, 0.1) is 6.61 Å². The van der Waals surface area contributed by atoms with Gasteiger partial charge in [-0.15, -0.1) is 0 Å². The van der Waals surface area contributed by atoms with Gasteiger partial charge in [0.1, 0.15) is 18.3 Å². The van der Waals surface area contributed by atoms with E-state index < -0.39 is 43.3 Å². The average Bonchev–Trinajstić information content (AvgIpc) is 2.18. The zero-order valence-corrected chi connectivity index (χ0v) is 8.11. The summed E-state index contributed by atoms with van der Waals surface area (Å²) in [7, 11) is 0. The van der Waals surface area contributed by atoms with Crippen molar-refractivity contribution in [2.75, 3.05) is 6.61 Å². The van der Waals surface area contributed by atoms with E-state index in [1.807, 2.05) is 0 Å². The Morgan fingerprint density at radius 1 is 1.33 bits per heavy atom. The summed E-state index contributed by atoms with van der Waals surface area (Å²) in [6.45, 7) is 0.581. The lowest BCUT2D eigenvalue weighted by atomic mass is 9.99. The first-order valence-corrected chi connectivity index (χ1v) is 4.45. The van der Waals surface area contributed by atoms with Gasteiger partial charge in [-0.05, 0) is 0 Å². The standard InChI is InChI=1S/C8H14O7/c1-3(10)14-7-4(2-9)15-8(13)6(12)5(7)11/h4-9,11-13H,2H2,1H3/t4-,5+,6-,7-,8+/m1/s1. The third kappa shape index (κ3) is 2.64. The van der Waals surface area contributed by atoms with E-state index in [0.717, 1.165) is 6.92 Å². The highest BCUT2D eigenvalue weighted by Gasteiger charge is 2.45. The molecule has 4 N–H and O–H groups in total. The van der Waals surface area contributed by atoms with Crippen LogP contribution in [0.4, 0.5) is 0 Å². The molecule has 7 heteroatoms. The zero-order chi connectivity index (χ0) is 11.6. The topological polar surface area (TPSA) is 116 Å². The maximum Gasteiger partial charge on any atom is 0.303 e. The molecule has 1 saturated heterocycles. The van der Waals surface area contributed by atoms with E-state index >= 15 is 0 Å². The second kappa shape index (κ2) is 4.86. The summed E-state index contributed by atoms with van der Waals surface area (Å²) in [4.78, 5) is 10.7. The summed E-state index contributed by atoms with van der Waals surface area (Å²) in [6, 6.07) is 0. The fourth-order valence-electron chi connectivity index (χ4n) is 1.40. The van der Waals surface area contributed by atoms with E-state index in [9.17, 15) is 15.0 Å². The Hall–Kier alpha value is -0.730. The van der Waals surface area contributed by atoms with Gasteiger partial charge in [0.25, 0.3) is 0 Å². The van der Waals surface area contributed by atoms with Crippen molar-refractivity contribution >= 4 is 5.97 Å². The normalized spacial score (nSPS) is 41.3. The molecule has 88 valence electrons. The Balaban J connectivity index is 2.75. The van der Waals surface area contributed by atoms with Gasteiger partial charge >= 0.3 is 5.97 Å². The lowest BCUT2D eigenvalue weighted by Gasteiger charge is -2.39. The third-order valence-electron chi connectivity index (χ3n) is 2.14. The predicted molar refractivity (Wildman–Crippen MR) is 45.5 cm³/mol. The molecule has 0 amide bonds. The van der Waals surface area contributed by atoms with Crippen molar-refractivity contribution in [2.24, 2.45) is 0 Å². The number of aliphatic hydroxyl groups is 4. The van der Waals surface area contributed by atoms with Gasteiger partial charge in [-0.25, -0.2) is 0 Å². The molecule has 0 spiro atoms. The van der Waals surface area contributed by atoms with Crippen LogP contribution in [0.25, 0.3) is 0 Å². The summed E-state index contributed by atoms with van der Waals surface area (Å²) in [5.74, 6) is -0.676. The molecule has 5 atom stereocenters. The summed E-state index contributed by atoms with van der Waals surface area (Å²) < 4.78 is 9.43. The number of esters is 1. The monoisotopic (exact) mass is 222 g/mol. The molecule has 0 radical (unpaired) electrons. The molecular formula is C8H14O7. The molecule has 1 aliphatic heterocycles. The lowest BCUT2D eigenvalue weighted by molar-refractivity contribution is -0.289. The molecule has 15 heavy (non-hydrogen) atoms. The van der Waals surface area contributed by atoms with Gasteiger partial charge in [-0.1, -0.05) is 0 Å². The van der Waals surface area contributed by atoms with Crippen molar-refractivity contribution < 1.29 is 34.7 Å². The Morgan fingerprint density at radius 3 is 2.40 bits per heavy atom. The Labute approximate surface area is 85.9 Å². The first-order valence-electron chi connectivity index (χ1n) is 4.45. The Bertz CT molecular complexity index is 229. The van der Waals surface area contributed by atoms with Gasteiger partial charge in [0.2, 0.25) is 0 Å². The molecule has 0 unspecified atom stereocenters. The van der Waals surface area contributed by atoms with Crippen LogP contribution in [0.5, 0.6) is 0 Å². The van der Waals surface area contributed by atoms with Gasteiger partial charge in [-0.2, -0.15) is 0 Å². The molecule has 0 aliphatic carbocycles. The number of rotatable bonds is 2. The molecule has 0 aromatic heterocycles. The summed E-state index contributed by atoms with van der Waals surface area (Å²) in [6.07, 6.45) is -6.91. The van der Waals surface area contributed by atoms with Gasteiger partial charge in [0, 0.05) is 6.92 Å². The smallest absolute Gasteiger partial charge is 0.303 e. The number of aliphatic hydroxyl groups excluding tert-OH is 4. The van der Waals surface area contributed by atoms with E-state index in [2.05, 4.69) is 4.74 Å². The summed E-state index contributed by atoms with van der Waals surface area (Å²) in [5.41, 5.74) is 0. The molecule has 1 fully saturated rings. The summed E-state index contributed by atoms with van der Waals surface area (Å²) >= 11 is 0. The van der Waals surface area contributed by atoms with Gasteiger partial charge < -0.3 is 29.9 Å². The van der Waals surface area contributed by atoms with Crippen LogP contribution in [0.15, 0.2) is 0 Å². The van der Waals surface area contributed by atoms with E-state index in [0.29, 0.717) is 0 Å². The van der Waals surface area contributed by atoms with Crippen LogP contribution in [-0.4, -0.2) is 63.7 Å². The van der Waals surface area contributed by atoms with Crippen molar-refractivity contribution in [1.82, 2.24) is 0 Å².